The van der Waals surface area contributed by atoms with Gasteiger partial charge in [0.2, 0.25) is 10.0 Å². The molecule has 4 rings (SSSR count). The van der Waals surface area contributed by atoms with Crippen molar-refractivity contribution in [2.24, 2.45) is 7.05 Å². The second-order valence-corrected chi connectivity index (χ2v) is 9.08. The minimum absolute atomic E-state index is 0.0917. The lowest BCUT2D eigenvalue weighted by atomic mass is 9.95. The zero-order valence-corrected chi connectivity index (χ0v) is 16.5. The number of sulfonamides is 1. The Morgan fingerprint density at radius 3 is 2.41 bits per heavy atom. The minimum atomic E-state index is -3.36. The third-order valence-electron chi connectivity index (χ3n) is 4.89. The first-order chi connectivity index (χ1) is 12.8. The van der Waals surface area contributed by atoms with Crippen LogP contribution in [0.25, 0.3) is 11.4 Å². The zero-order valence-electron chi connectivity index (χ0n) is 15.0. The largest absolute Gasteiger partial charge is 0.313 e. The van der Waals surface area contributed by atoms with Gasteiger partial charge in [-0.15, -0.1) is 10.2 Å². The fourth-order valence-electron chi connectivity index (χ4n) is 3.48. The van der Waals surface area contributed by atoms with E-state index in [2.05, 4.69) is 27.1 Å². The van der Waals surface area contributed by atoms with E-state index in [1.54, 1.807) is 18.2 Å². The molecule has 2 aromatic carbocycles. The summed E-state index contributed by atoms with van der Waals surface area (Å²) in [6, 6.07) is 15.3. The Labute approximate surface area is 163 Å². The van der Waals surface area contributed by atoms with E-state index in [4.69, 9.17) is 11.6 Å². The van der Waals surface area contributed by atoms with Crippen molar-refractivity contribution in [2.45, 2.75) is 18.3 Å². The van der Waals surface area contributed by atoms with Crippen LogP contribution in [0.5, 0.6) is 0 Å². The molecule has 1 fully saturated rings. The number of aromatic nitrogens is 3. The third kappa shape index (κ3) is 3.33. The first-order valence-corrected chi connectivity index (χ1v) is 10.8. The third-order valence-corrected chi connectivity index (χ3v) is 5.81. The van der Waals surface area contributed by atoms with Gasteiger partial charge in [-0.05, 0) is 36.6 Å². The molecular weight excluding hydrogens is 384 g/mol. The highest BCUT2D eigenvalue weighted by Crippen LogP contribution is 2.53. The molecule has 8 heteroatoms. The summed E-state index contributed by atoms with van der Waals surface area (Å²) >= 11 is 6.40. The van der Waals surface area contributed by atoms with Crippen molar-refractivity contribution >= 4 is 27.3 Å². The van der Waals surface area contributed by atoms with Crippen LogP contribution in [-0.2, 0) is 22.5 Å². The molecule has 1 aliphatic rings. The van der Waals surface area contributed by atoms with Crippen LogP contribution in [0.15, 0.2) is 48.5 Å². The van der Waals surface area contributed by atoms with Crippen molar-refractivity contribution in [2.75, 3.05) is 11.0 Å². The fourth-order valence-corrected chi connectivity index (χ4v) is 4.30. The summed E-state index contributed by atoms with van der Waals surface area (Å²) in [5, 5.41) is 9.25. The monoisotopic (exact) mass is 402 g/mol. The second-order valence-electron chi connectivity index (χ2n) is 6.92. The van der Waals surface area contributed by atoms with Gasteiger partial charge in [0.1, 0.15) is 5.82 Å². The van der Waals surface area contributed by atoms with E-state index in [1.165, 1.54) is 5.56 Å². The predicted molar refractivity (Wildman–Crippen MR) is 106 cm³/mol. The Hall–Kier alpha value is -2.38. The van der Waals surface area contributed by atoms with Crippen LogP contribution in [0.3, 0.4) is 0 Å². The Morgan fingerprint density at radius 1 is 1.11 bits per heavy atom. The van der Waals surface area contributed by atoms with E-state index in [0.29, 0.717) is 22.1 Å². The molecule has 1 aliphatic carbocycles. The summed E-state index contributed by atoms with van der Waals surface area (Å²) in [4.78, 5) is 0. The number of anilines is 1. The van der Waals surface area contributed by atoms with Gasteiger partial charge in [-0.1, -0.05) is 41.9 Å². The normalized spacial score (nSPS) is 15.5. The van der Waals surface area contributed by atoms with E-state index >= 15 is 0 Å². The Kier molecular flexibility index (Phi) is 4.24. The number of benzene rings is 2. The lowest BCUT2D eigenvalue weighted by Crippen LogP contribution is -2.15. The highest BCUT2D eigenvalue weighted by atomic mass is 35.5. The Morgan fingerprint density at radius 2 is 1.81 bits per heavy atom. The first kappa shape index (κ1) is 18.0. The molecule has 3 aromatic rings. The fraction of sp³-hybridized carbons (Fsp3) is 0.263. The number of nitrogens with one attached hydrogen (secondary N) is 1. The second kappa shape index (κ2) is 6.35. The number of nitrogens with zero attached hydrogens (tertiary/aromatic N) is 3. The molecule has 27 heavy (non-hydrogen) atoms. The molecule has 0 unspecified atom stereocenters. The summed E-state index contributed by atoms with van der Waals surface area (Å²) in [6.45, 7) is 0. The molecule has 1 aromatic heterocycles. The molecule has 0 spiro atoms. The van der Waals surface area contributed by atoms with Crippen molar-refractivity contribution < 1.29 is 8.42 Å². The van der Waals surface area contributed by atoms with Crippen molar-refractivity contribution in [1.29, 1.82) is 0 Å². The standard InChI is InChI=1S/C19H19ClN4O2S/c1-24-17(15-9-8-14(12-16(15)20)23-27(2,25)26)21-22-18(24)19(10-11-19)13-6-4-3-5-7-13/h3-9,12,23H,10-11H2,1-2H3. The Bertz CT molecular complexity index is 1110. The number of hydrogen-bond donors (Lipinski definition) is 1. The summed E-state index contributed by atoms with van der Waals surface area (Å²) < 4.78 is 27.2. The smallest absolute Gasteiger partial charge is 0.229 e. The van der Waals surface area contributed by atoms with Crippen molar-refractivity contribution in [3.05, 3.63) is 64.9 Å². The van der Waals surface area contributed by atoms with Crippen molar-refractivity contribution in [3.8, 4) is 11.4 Å². The molecule has 1 N–H and O–H groups in total. The van der Waals surface area contributed by atoms with Gasteiger partial charge in [-0.2, -0.15) is 0 Å². The van der Waals surface area contributed by atoms with Crippen LogP contribution in [0, 0.1) is 0 Å². The first-order valence-electron chi connectivity index (χ1n) is 8.53. The van der Waals surface area contributed by atoms with Gasteiger partial charge in [0.05, 0.1) is 16.7 Å². The summed E-state index contributed by atoms with van der Waals surface area (Å²) in [5.41, 5.74) is 2.27. The lowest BCUT2D eigenvalue weighted by Gasteiger charge is -2.15. The van der Waals surface area contributed by atoms with Crippen LogP contribution >= 0.6 is 11.6 Å². The molecular formula is C19H19ClN4O2S. The molecule has 140 valence electrons. The molecule has 1 heterocycles. The van der Waals surface area contributed by atoms with E-state index in [9.17, 15) is 8.42 Å². The average molecular weight is 403 g/mol. The highest BCUT2D eigenvalue weighted by molar-refractivity contribution is 7.92. The van der Waals surface area contributed by atoms with Crippen LogP contribution in [0.4, 0.5) is 5.69 Å². The molecule has 1 saturated carbocycles. The van der Waals surface area contributed by atoms with E-state index in [1.807, 2.05) is 29.8 Å². The number of hydrogen-bond acceptors (Lipinski definition) is 4. The molecule has 0 bridgehead atoms. The van der Waals surface area contributed by atoms with Crippen LogP contribution in [0.1, 0.15) is 24.2 Å². The van der Waals surface area contributed by atoms with Gasteiger partial charge in [-0.3, -0.25) is 4.72 Å². The molecule has 0 radical (unpaired) electrons. The zero-order chi connectivity index (χ0) is 19.2. The van der Waals surface area contributed by atoms with Gasteiger partial charge in [0.25, 0.3) is 0 Å². The van der Waals surface area contributed by atoms with Crippen LogP contribution in [-0.4, -0.2) is 29.4 Å². The molecule has 0 atom stereocenters. The van der Waals surface area contributed by atoms with Crippen molar-refractivity contribution in [3.63, 3.8) is 0 Å². The summed E-state index contributed by atoms with van der Waals surface area (Å²) in [6.07, 6.45) is 3.17. The van der Waals surface area contributed by atoms with Crippen LogP contribution in [0.2, 0.25) is 5.02 Å². The predicted octanol–water partition coefficient (Wildman–Crippen LogP) is 3.59. The molecule has 0 saturated heterocycles. The number of halogens is 1. The van der Waals surface area contributed by atoms with Gasteiger partial charge in [0.15, 0.2) is 5.82 Å². The lowest BCUT2D eigenvalue weighted by molar-refractivity contribution is 0.607. The van der Waals surface area contributed by atoms with Gasteiger partial charge >= 0.3 is 0 Å². The summed E-state index contributed by atoms with van der Waals surface area (Å²) in [7, 11) is -1.42. The van der Waals surface area contributed by atoms with Gasteiger partial charge < -0.3 is 4.57 Å². The SMILES string of the molecule is Cn1c(-c2ccc(NS(C)(=O)=O)cc2Cl)nnc1C1(c2ccccc2)CC1. The highest BCUT2D eigenvalue weighted by Gasteiger charge is 2.49. The van der Waals surface area contributed by atoms with Crippen molar-refractivity contribution in [1.82, 2.24) is 14.8 Å². The maximum Gasteiger partial charge on any atom is 0.229 e. The molecule has 0 amide bonds. The van der Waals surface area contributed by atoms with E-state index in [-0.39, 0.29) is 5.41 Å². The van der Waals surface area contributed by atoms with E-state index < -0.39 is 10.0 Å². The molecule has 0 aliphatic heterocycles. The number of rotatable bonds is 5. The maximum absolute atomic E-state index is 11.4. The average Bonchev–Trinajstić information content (AvgIpc) is 3.32. The van der Waals surface area contributed by atoms with Gasteiger partial charge in [-0.25, -0.2) is 8.42 Å². The summed E-state index contributed by atoms with van der Waals surface area (Å²) in [5.74, 6) is 1.57. The molecule has 6 nitrogen and oxygen atoms in total. The maximum atomic E-state index is 11.4. The van der Waals surface area contributed by atoms with Gasteiger partial charge in [0, 0.05) is 18.3 Å². The Balaban J connectivity index is 1.71. The minimum Gasteiger partial charge on any atom is -0.313 e. The van der Waals surface area contributed by atoms with Crippen LogP contribution < -0.4 is 4.72 Å². The van der Waals surface area contributed by atoms with E-state index in [0.717, 1.165) is 24.9 Å². The quantitative estimate of drug-likeness (QED) is 0.707. The topological polar surface area (TPSA) is 76.9 Å².